The Bertz CT molecular complexity index is 470. The van der Waals surface area contributed by atoms with E-state index in [9.17, 15) is 4.39 Å². The van der Waals surface area contributed by atoms with E-state index in [1.54, 1.807) is 6.07 Å². The average molecular weight is 262 g/mol. The lowest BCUT2D eigenvalue weighted by molar-refractivity contribution is 0.331. The highest BCUT2D eigenvalue weighted by atomic mass is 19.1. The van der Waals surface area contributed by atoms with E-state index in [0.717, 1.165) is 43.2 Å². The number of nitrogens with one attached hydrogen (secondary N) is 1. The molecule has 19 heavy (non-hydrogen) atoms. The van der Waals surface area contributed by atoms with Gasteiger partial charge in [-0.25, -0.2) is 4.39 Å². The quantitative estimate of drug-likeness (QED) is 0.881. The Hall–Kier alpha value is -1.09. The first kappa shape index (κ1) is 12.9. The Morgan fingerprint density at radius 1 is 1.37 bits per heavy atom. The third-order valence-electron chi connectivity index (χ3n) is 4.58. The summed E-state index contributed by atoms with van der Waals surface area (Å²) < 4.78 is 14.2. The molecule has 1 unspecified atom stereocenters. The number of hydrogen-bond donors (Lipinski definition) is 1. The summed E-state index contributed by atoms with van der Waals surface area (Å²) >= 11 is 0. The van der Waals surface area contributed by atoms with Gasteiger partial charge in [-0.1, -0.05) is 6.07 Å². The van der Waals surface area contributed by atoms with Crippen molar-refractivity contribution in [2.45, 2.75) is 38.6 Å². The van der Waals surface area contributed by atoms with Crippen LogP contribution in [0, 0.1) is 18.7 Å². The molecule has 1 saturated carbocycles. The summed E-state index contributed by atoms with van der Waals surface area (Å²) in [5.41, 5.74) is 1.90. The lowest BCUT2D eigenvalue weighted by Crippen LogP contribution is -2.51. The van der Waals surface area contributed by atoms with Crippen LogP contribution < -0.4 is 10.2 Å². The summed E-state index contributed by atoms with van der Waals surface area (Å²) in [6.07, 6.45) is 3.71. The lowest BCUT2D eigenvalue weighted by Gasteiger charge is -2.35. The van der Waals surface area contributed by atoms with Gasteiger partial charge in [0, 0.05) is 18.6 Å². The summed E-state index contributed by atoms with van der Waals surface area (Å²) in [4.78, 5) is 2.23. The Morgan fingerprint density at radius 2 is 2.16 bits per heavy atom. The van der Waals surface area contributed by atoms with Gasteiger partial charge in [-0.05, 0) is 63.3 Å². The smallest absolute Gasteiger partial charge is 0.146 e. The minimum Gasteiger partial charge on any atom is -0.367 e. The van der Waals surface area contributed by atoms with Gasteiger partial charge in [-0.3, -0.25) is 0 Å². The van der Waals surface area contributed by atoms with Crippen LogP contribution in [0.15, 0.2) is 18.2 Å². The highest BCUT2D eigenvalue weighted by molar-refractivity contribution is 5.50. The van der Waals surface area contributed by atoms with E-state index >= 15 is 0 Å². The molecule has 3 heteroatoms. The Morgan fingerprint density at radius 3 is 2.84 bits per heavy atom. The zero-order chi connectivity index (χ0) is 13.5. The van der Waals surface area contributed by atoms with Crippen LogP contribution in [-0.2, 0) is 0 Å². The number of anilines is 1. The van der Waals surface area contributed by atoms with Crippen LogP contribution in [0.1, 0.15) is 31.7 Å². The molecular formula is C16H23FN2. The van der Waals surface area contributed by atoms with E-state index in [-0.39, 0.29) is 11.4 Å². The highest BCUT2D eigenvalue weighted by Gasteiger charge is 2.43. The summed E-state index contributed by atoms with van der Waals surface area (Å²) in [6, 6.07) is 5.58. The molecule has 104 valence electrons. The summed E-state index contributed by atoms with van der Waals surface area (Å²) in [7, 11) is 0. The molecule has 0 aromatic heterocycles. The van der Waals surface area contributed by atoms with Crippen LogP contribution in [-0.4, -0.2) is 25.2 Å². The van der Waals surface area contributed by atoms with Gasteiger partial charge in [0.05, 0.1) is 5.69 Å². The Labute approximate surface area is 115 Å². The normalized spacial score (nSPS) is 28.3. The van der Waals surface area contributed by atoms with Crippen LogP contribution in [0.5, 0.6) is 0 Å². The molecule has 1 aliphatic carbocycles. The molecule has 2 aliphatic rings. The zero-order valence-electron chi connectivity index (χ0n) is 11.9. The van der Waals surface area contributed by atoms with Gasteiger partial charge in [-0.2, -0.15) is 0 Å². The van der Waals surface area contributed by atoms with Crippen molar-refractivity contribution >= 4 is 5.69 Å². The van der Waals surface area contributed by atoms with Crippen molar-refractivity contribution in [2.24, 2.45) is 5.92 Å². The maximum absolute atomic E-state index is 14.2. The molecule has 2 fully saturated rings. The summed E-state index contributed by atoms with van der Waals surface area (Å²) in [5, 5.41) is 3.69. The van der Waals surface area contributed by atoms with E-state index in [4.69, 9.17) is 0 Å². The van der Waals surface area contributed by atoms with Crippen molar-refractivity contribution in [1.82, 2.24) is 5.32 Å². The average Bonchev–Trinajstić information content (AvgIpc) is 3.16. The van der Waals surface area contributed by atoms with E-state index < -0.39 is 0 Å². The Balaban J connectivity index is 1.86. The van der Waals surface area contributed by atoms with Gasteiger partial charge >= 0.3 is 0 Å². The predicted molar refractivity (Wildman–Crippen MR) is 77.1 cm³/mol. The SMILES string of the molecule is Cc1ccc(N2CCCNC(C)(C3CC3)C2)c(F)c1. The minimum atomic E-state index is -0.0833. The first-order valence-electron chi connectivity index (χ1n) is 7.35. The van der Waals surface area contributed by atoms with Crippen LogP contribution >= 0.6 is 0 Å². The fourth-order valence-electron chi connectivity index (χ4n) is 3.24. The van der Waals surface area contributed by atoms with Crippen molar-refractivity contribution < 1.29 is 4.39 Å². The van der Waals surface area contributed by atoms with Crippen LogP contribution in [0.3, 0.4) is 0 Å². The summed E-state index contributed by atoms with van der Waals surface area (Å²) in [5.74, 6) is 0.682. The molecule has 0 radical (unpaired) electrons. The lowest BCUT2D eigenvalue weighted by atomic mass is 9.95. The maximum atomic E-state index is 14.2. The van der Waals surface area contributed by atoms with E-state index in [1.165, 1.54) is 12.8 Å². The maximum Gasteiger partial charge on any atom is 0.146 e. The molecule has 3 rings (SSSR count). The number of rotatable bonds is 2. The van der Waals surface area contributed by atoms with Crippen LogP contribution in [0.2, 0.25) is 0 Å². The van der Waals surface area contributed by atoms with Gasteiger partial charge in [-0.15, -0.1) is 0 Å². The molecule has 1 aliphatic heterocycles. The first-order valence-corrected chi connectivity index (χ1v) is 7.35. The second kappa shape index (κ2) is 4.78. The first-order chi connectivity index (χ1) is 9.08. The molecule has 0 bridgehead atoms. The molecule has 2 nitrogen and oxygen atoms in total. The van der Waals surface area contributed by atoms with Crippen molar-refractivity contribution in [3.05, 3.63) is 29.6 Å². The standard InChI is InChI=1S/C16H23FN2/c1-12-4-7-15(14(17)10-12)19-9-3-8-18-16(2,11-19)13-5-6-13/h4,7,10,13,18H,3,5-6,8-9,11H2,1-2H3. The third kappa shape index (κ3) is 2.62. The Kier molecular flexibility index (Phi) is 3.25. The molecule has 1 atom stereocenters. The summed E-state index contributed by atoms with van der Waals surface area (Å²) in [6.45, 7) is 7.13. The molecular weight excluding hydrogens is 239 g/mol. The fourth-order valence-corrected chi connectivity index (χ4v) is 3.24. The van der Waals surface area contributed by atoms with Crippen molar-refractivity contribution in [2.75, 3.05) is 24.5 Å². The highest BCUT2D eigenvalue weighted by Crippen LogP contribution is 2.41. The van der Waals surface area contributed by atoms with Gasteiger partial charge in [0.2, 0.25) is 0 Å². The molecule has 1 aromatic rings. The van der Waals surface area contributed by atoms with Gasteiger partial charge < -0.3 is 10.2 Å². The van der Waals surface area contributed by atoms with Crippen LogP contribution in [0.25, 0.3) is 0 Å². The molecule has 0 amide bonds. The second-order valence-corrected chi connectivity index (χ2v) is 6.35. The van der Waals surface area contributed by atoms with Crippen molar-refractivity contribution in [3.63, 3.8) is 0 Å². The predicted octanol–water partition coefficient (Wildman–Crippen LogP) is 3.10. The third-order valence-corrected chi connectivity index (χ3v) is 4.58. The van der Waals surface area contributed by atoms with Gasteiger partial charge in [0.15, 0.2) is 0 Å². The topological polar surface area (TPSA) is 15.3 Å². The fraction of sp³-hybridized carbons (Fsp3) is 0.625. The number of hydrogen-bond acceptors (Lipinski definition) is 2. The number of halogens is 1. The molecule has 1 N–H and O–H groups in total. The largest absolute Gasteiger partial charge is 0.367 e. The minimum absolute atomic E-state index is 0.0833. The zero-order valence-corrected chi connectivity index (χ0v) is 11.9. The number of benzene rings is 1. The van der Waals surface area contributed by atoms with Crippen LogP contribution in [0.4, 0.5) is 10.1 Å². The number of aryl methyl sites for hydroxylation is 1. The monoisotopic (exact) mass is 262 g/mol. The molecule has 1 heterocycles. The van der Waals surface area contributed by atoms with Gasteiger partial charge in [0.1, 0.15) is 5.82 Å². The molecule has 1 aromatic carbocycles. The van der Waals surface area contributed by atoms with E-state index in [0.29, 0.717) is 0 Å². The van der Waals surface area contributed by atoms with Gasteiger partial charge in [0.25, 0.3) is 0 Å². The van der Waals surface area contributed by atoms with Crippen molar-refractivity contribution in [3.8, 4) is 0 Å². The number of nitrogens with zero attached hydrogens (tertiary/aromatic N) is 1. The van der Waals surface area contributed by atoms with E-state index in [2.05, 4.69) is 17.1 Å². The molecule has 1 saturated heterocycles. The molecule has 0 spiro atoms. The van der Waals surface area contributed by atoms with E-state index in [1.807, 2.05) is 19.1 Å². The second-order valence-electron chi connectivity index (χ2n) is 6.35. The van der Waals surface area contributed by atoms with Crippen molar-refractivity contribution in [1.29, 1.82) is 0 Å².